The molecule has 12 heteroatoms. The first-order chi connectivity index (χ1) is 15.6. The van der Waals surface area contributed by atoms with E-state index < -0.39 is 55.7 Å². The second-order valence-electron chi connectivity index (χ2n) is 7.57. The number of amides is 3. The van der Waals surface area contributed by atoms with Crippen molar-refractivity contribution in [1.82, 2.24) is 10.6 Å². The van der Waals surface area contributed by atoms with Gasteiger partial charge in [-0.1, -0.05) is 12.1 Å². The SMILES string of the molecule is CCc1c(C(=O)NC(CO)CO)c(C)c(NC(=O)C(C)O)c(C)c1C(=O)NC(CO)CN=O. The van der Waals surface area contributed by atoms with E-state index in [1.165, 1.54) is 6.92 Å². The number of carbonyl (C=O) groups excluding carboxylic acids is 3. The van der Waals surface area contributed by atoms with Crippen LogP contribution in [-0.4, -0.2) is 82.7 Å². The van der Waals surface area contributed by atoms with Gasteiger partial charge in [0, 0.05) is 16.8 Å². The molecule has 12 nitrogen and oxygen atoms in total. The number of aliphatic hydroxyl groups excluding tert-OH is 4. The smallest absolute Gasteiger partial charge is 0.252 e. The summed E-state index contributed by atoms with van der Waals surface area (Å²) in [4.78, 5) is 49.0. The zero-order valence-electron chi connectivity index (χ0n) is 19.1. The van der Waals surface area contributed by atoms with Gasteiger partial charge in [0.2, 0.25) is 0 Å². The van der Waals surface area contributed by atoms with Crippen molar-refractivity contribution in [1.29, 1.82) is 0 Å². The number of benzene rings is 1. The fourth-order valence-corrected chi connectivity index (χ4v) is 3.40. The molecular weight excluding hydrogens is 436 g/mol. The molecule has 184 valence electrons. The summed E-state index contributed by atoms with van der Waals surface area (Å²) in [6.45, 7) is 4.11. The normalized spacial score (nSPS) is 12.8. The van der Waals surface area contributed by atoms with Gasteiger partial charge in [0.15, 0.2) is 0 Å². The van der Waals surface area contributed by atoms with E-state index in [-0.39, 0.29) is 29.8 Å². The molecule has 0 aliphatic heterocycles. The number of anilines is 1. The van der Waals surface area contributed by atoms with Crippen molar-refractivity contribution < 1.29 is 34.8 Å². The Kier molecular flexibility index (Phi) is 11.0. The lowest BCUT2D eigenvalue weighted by Crippen LogP contribution is -2.42. The van der Waals surface area contributed by atoms with E-state index in [0.717, 1.165) is 0 Å². The van der Waals surface area contributed by atoms with Gasteiger partial charge in [-0.25, -0.2) is 0 Å². The van der Waals surface area contributed by atoms with Crippen LogP contribution in [0, 0.1) is 18.8 Å². The molecule has 0 radical (unpaired) electrons. The maximum Gasteiger partial charge on any atom is 0.252 e. The number of carbonyl (C=O) groups is 3. The monoisotopic (exact) mass is 468 g/mol. The molecule has 1 aromatic carbocycles. The van der Waals surface area contributed by atoms with E-state index in [2.05, 4.69) is 21.1 Å². The van der Waals surface area contributed by atoms with Crippen LogP contribution in [0.3, 0.4) is 0 Å². The molecule has 2 unspecified atom stereocenters. The summed E-state index contributed by atoms with van der Waals surface area (Å²) >= 11 is 0. The van der Waals surface area contributed by atoms with E-state index in [0.29, 0.717) is 16.7 Å². The summed E-state index contributed by atoms with van der Waals surface area (Å²) in [5, 5.41) is 47.9. The Labute approximate surface area is 191 Å². The second kappa shape index (κ2) is 12.9. The number of rotatable bonds is 12. The molecule has 1 aromatic rings. The van der Waals surface area contributed by atoms with Crippen molar-refractivity contribution in [3.05, 3.63) is 32.7 Å². The summed E-state index contributed by atoms with van der Waals surface area (Å²) < 4.78 is 0. The average Bonchev–Trinajstić information content (AvgIpc) is 2.78. The van der Waals surface area contributed by atoms with E-state index in [1.54, 1.807) is 20.8 Å². The summed E-state index contributed by atoms with van der Waals surface area (Å²) in [5.41, 5.74) is 1.17. The third-order valence-electron chi connectivity index (χ3n) is 5.17. The van der Waals surface area contributed by atoms with Crippen LogP contribution in [0.5, 0.6) is 0 Å². The van der Waals surface area contributed by atoms with Crippen LogP contribution in [0.4, 0.5) is 5.69 Å². The standard InChI is InChI=1S/C21H32N4O8/c1-5-15-16(20(31)23-13(7-26)6-22-33)10(2)18(25-19(30)12(4)29)11(3)17(15)21(32)24-14(8-27)9-28/h12-14,26-29H,5-9H2,1-4H3,(H,23,31)(H,24,32)(H,25,30). The zero-order chi connectivity index (χ0) is 25.3. The van der Waals surface area contributed by atoms with Crippen molar-refractivity contribution in [3.8, 4) is 0 Å². The van der Waals surface area contributed by atoms with Crippen LogP contribution in [0.25, 0.3) is 0 Å². The van der Waals surface area contributed by atoms with Gasteiger partial charge in [0.1, 0.15) is 12.6 Å². The molecule has 0 saturated carbocycles. The molecule has 0 aromatic heterocycles. The first-order valence-corrected chi connectivity index (χ1v) is 10.5. The van der Waals surface area contributed by atoms with Crippen LogP contribution in [0.2, 0.25) is 0 Å². The minimum atomic E-state index is -1.37. The first-order valence-electron chi connectivity index (χ1n) is 10.5. The Morgan fingerprint density at radius 1 is 0.909 bits per heavy atom. The van der Waals surface area contributed by atoms with Gasteiger partial charge < -0.3 is 36.4 Å². The van der Waals surface area contributed by atoms with E-state index in [4.69, 9.17) is 0 Å². The molecule has 0 fully saturated rings. The second-order valence-corrected chi connectivity index (χ2v) is 7.57. The number of nitroso groups, excluding NO2 is 1. The van der Waals surface area contributed by atoms with Gasteiger partial charge >= 0.3 is 0 Å². The molecule has 0 saturated heterocycles. The predicted octanol–water partition coefficient (Wildman–Crippen LogP) is -0.875. The summed E-state index contributed by atoms with van der Waals surface area (Å²) in [5.74, 6) is -2.15. The third kappa shape index (κ3) is 6.78. The van der Waals surface area contributed by atoms with Crippen LogP contribution in [-0.2, 0) is 11.2 Å². The summed E-state index contributed by atoms with van der Waals surface area (Å²) in [7, 11) is 0. The van der Waals surface area contributed by atoms with Gasteiger partial charge in [-0.3, -0.25) is 14.4 Å². The Hall–Kier alpha value is -2.93. The van der Waals surface area contributed by atoms with Crippen LogP contribution < -0.4 is 16.0 Å². The molecule has 1 rings (SSSR count). The minimum absolute atomic E-state index is 0.0445. The lowest BCUT2D eigenvalue weighted by Gasteiger charge is -2.25. The largest absolute Gasteiger partial charge is 0.394 e. The zero-order valence-corrected chi connectivity index (χ0v) is 19.1. The Balaban J connectivity index is 3.76. The number of hydrogen-bond donors (Lipinski definition) is 7. The predicted molar refractivity (Wildman–Crippen MR) is 120 cm³/mol. The lowest BCUT2D eigenvalue weighted by molar-refractivity contribution is -0.123. The van der Waals surface area contributed by atoms with Crippen LogP contribution >= 0.6 is 0 Å². The van der Waals surface area contributed by atoms with Crippen LogP contribution in [0.1, 0.15) is 51.3 Å². The molecule has 3 amide bonds. The Morgan fingerprint density at radius 2 is 1.36 bits per heavy atom. The van der Waals surface area contributed by atoms with Crippen molar-refractivity contribution in [2.75, 3.05) is 31.7 Å². The van der Waals surface area contributed by atoms with Gasteiger partial charge in [0.05, 0.1) is 31.9 Å². The Morgan fingerprint density at radius 3 is 1.73 bits per heavy atom. The highest BCUT2D eigenvalue weighted by molar-refractivity contribution is 6.08. The van der Waals surface area contributed by atoms with Gasteiger partial charge in [-0.2, -0.15) is 4.91 Å². The van der Waals surface area contributed by atoms with Crippen molar-refractivity contribution in [2.24, 2.45) is 5.18 Å². The topological polar surface area (TPSA) is 198 Å². The number of nitrogens with one attached hydrogen (secondary N) is 3. The molecule has 0 aliphatic rings. The fraction of sp³-hybridized carbons (Fsp3) is 0.571. The maximum absolute atomic E-state index is 13.1. The fourth-order valence-electron chi connectivity index (χ4n) is 3.40. The van der Waals surface area contributed by atoms with Gasteiger partial charge in [0.25, 0.3) is 17.7 Å². The molecule has 0 heterocycles. The van der Waals surface area contributed by atoms with Crippen LogP contribution in [0.15, 0.2) is 5.18 Å². The average molecular weight is 469 g/mol. The number of nitrogens with zero attached hydrogens (tertiary/aromatic N) is 1. The maximum atomic E-state index is 13.1. The first kappa shape index (κ1) is 28.1. The highest BCUT2D eigenvalue weighted by Crippen LogP contribution is 2.32. The van der Waals surface area contributed by atoms with Crippen molar-refractivity contribution in [3.63, 3.8) is 0 Å². The lowest BCUT2D eigenvalue weighted by atomic mass is 9.87. The molecule has 0 spiro atoms. The number of aliphatic hydroxyl groups is 4. The molecule has 33 heavy (non-hydrogen) atoms. The highest BCUT2D eigenvalue weighted by atomic mass is 16.3. The molecule has 7 N–H and O–H groups in total. The quantitative estimate of drug-likeness (QED) is 0.192. The van der Waals surface area contributed by atoms with E-state index in [1.807, 2.05) is 0 Å². The van der Waals surface area contributed by atoms with Gasteiger partial charge in [-0.15, -0.1) is 0 Å². The van der Waals surface area contributed by atoms with Crippen molar-refractivity contribution >= 4 is 23.4 Å². The third-order valence-corrected chi connectivity index (χ3v) is 5.17. The summed E-state index contributed by atoms with van der Waals surface area (Å²) in [6.07, 6.45) is -1.15. The van der Waals surface area contributed by atoms with Crippen molar-refractivity contribution in [2.45, 2.75) is 52.3 Å². The Bertz CT molecular complexity index is 884. The molecular formula is C21H32N4O8. The molecule has 0 bridgehead atoms. The highest BCUT2D eigenvalue weighted by Gasteiger charge is 2.29. The minimum Gasteiger partial charge on any atom is -0.394 e. The molecule has 2 atom stereocenters. The van der Waals surface area contributed by atoms with E-state index >= 15 is 0 Å². The summed E-state index contributed by atoms with van der Waals surface area (Å²) in [6, 6.07) is -1.91. The molecule has 0 aliphatic carbocycles. The number of hydrogen-bond acceptors (Lipinski definition) is 9. The van der Waals surface area contributed by atoms with Gasteiger partial charge in [-0.05, 0) is 43.9 Å². The van der Waals surface area contributed by atoms with E-state index in [9.17, 15) is 39.7 Å².